The van der Waals surface area contributed by atoms with Crippen molar-refractivity contribution in [2.24, 2.45) is 0 Å². The van der Waals surface area contributed by atoms with Crippen molar-refractivity contribution in [3.8, 4) is 5.75 Å². The van der Waals surface area contributed by atoms with E-state index >= 15 is 0 Å². The van der Waals surface area contributed by atoms with E-state index in [1.165, 1.54) is 5.56 Å². The van der Waals surface area contributed by atoms with Gasteiger partial charge in [0.1, 0.15) is 12.4 Å². The minimum absolute atomic E-state index is 0.0206. The highest BCUT2D eigenvalue weighted by Crippen LogP contribution is 2.26. The summed E-state index contributed by atoms with van der Waals surface area (Å²) in [4.78, 5) is 19.2. The quantitative estimate of drug-likeness (QED) is 0.713. The van der Waals surface area contributed by atoms with Crippen molar-refractivity contribution in [2.45, 2.75) is 20.0 Å². The summed E-state index contributed by atoms with van der Waals surface area (Å²) in [7, 11) is 0. The van der Waals surface area contributed by atoms with Crippen LogP contribution in [0.5, 0.6) is 5.75 Å². The predicted octanol–water partition coefficient (Wildman–Crippen LogP) is 4.17. The first-order valence-corrected chi connectivity index (χ1v) is 8.75. The van der Waals surface area contributed by atoms with Gasteiger partial charge in [-0.1, -0.05) is 48.0 Å². The van der Waals surface area contributed by atoms with Gasteiger partial charge in [-0.25, -0.2) is 0 Å². The van der Waals surface area contributed by atoms with E-state index in [1.807, 2.05) is 72.5 Å². The largest absolute Gasteiger partial charge is 0.487 e. The van der Waals surface area contributed by atoms with Crippen LogP contribution >= 0.6 is 0 Å². The van der Waals surface area contributed by atoms with Crippen LogP contribution in [0.2, 0.25) is 0 Å². The van der Waals surface area contributed by atoms with Crippen molar-refractivity contribution in [1.82, 2.24) is 4.98 Å². The lowest BCUT2D eigenvalue weighted by molar-refractivity contribution is 0.0979. The summed E-state index contributed by atoms with van der Waals surface area (Å²) >= 11 is 0. The van der Waals surface area contributed by atoms with Crippen molar-refractivity contribution in [1.29, 1.82) is 0 Å². The van der Waals surface area contributed by atoms with Gasteiger partial charge in [0, 0.05) is 18.7 Å². The molecule has 0 N–H and O–H groups in total. The number of rotatable bonds is 4. The number of ether oxygens (including phenoxy) is 1. The zero-order chi connectivity index (χ0) is 17.9. The van der Waals surface area contributed by atoms with Crippen molar-refractivity contribution >= 4 is 11.6 Å². The fraction of sp³-hybridized carbons (Fsp3) is 0.182. The molecule has 4 rings (SSSR count). The van der Waals surface area contributed by atoms with Gasteiger partial charge in [0.15, 0.2) is 0 Å². The van der Waals surface area contributed by atoms with E-state index in [1.54, 1.807) is 6.20 Å². The van der Waals surface area contributed by atoms with Gasteiger partial charge in [0.2, 0.25) is 0 Å². The van der Waals surface area contributed by atoms with Crippen LogP contribution in [-0.4, -0.2) is 17.4 Å². The number of fused-ring (bicyclic) bond motifs is 1. The molecule has 4 heteroatoms. The molecular formula is C22H20N2O2. The molecule has 0 saturated heterocycles. The molecule has 26 heavy (non-hydrogen) atoms. The summed E-state index contributed by atoms with van der Waals surface area (Å²) in [6, 6.07) is 19.8. The molecule has 0 unspecified atom stereocenters. The summed E-state index contributed by atoms with van der Waals surface area (Å²) in [6.45, 7) is 3.14. The van der Waals surface area contributed by atoms with Gasteiger partial charge in [-0.2, -0.15) is 0 Å². The maximum atomic E-state index is 13.0. The number of carbonyl (C=O) groups excluding carboxylic acids is 1. The van der Waals surface area contributed by atoms with Gasteiger partial charge in [0.25, 0.3) is 5.91 Å². The van der Waals surface area contributed by atoms with E-state index in [2.05, 4.69) is 4.98 Å². The highest BCUT2D eigenvalue weighted by molar-refractivity contribution is 6.08. The fourth-order valence-corrected chi connectivity index (χ4v) is 3.11. The topological polar surface area (TPSA) is 42.4 Å². The van der Waals surface area contributed by atoms with Gasteiger partial charge in [-0.3, -0.25) is 9.78 Å². The molecule has 1 amide bonds. The summed E-state index contributed by atoms with van der Waals surface area (Å²) in [5.41, 5.74) is 4.64. The molecular weight excluding hydrogens is 324 g/mol. The lowest BCUT2D eigenvalue weighted by atomic mass is 10.0. The fourth-order valence-electron chi connectivity index (χ4n) is 3.11. The molecule has 0 aliphatic carbocycles. The molecule has 1 aliphatic rings. The number of aryl methyl sites for hydroxylation is 1. The maximum absolute atomic E-state index is 13.0. The third-order valence-corrected chi connectivity index (χ3v) is 4.59. The number of aromatic nitrogens is 1. The van der Waals surface area contributed by atoms with E-state index in [-0.39, 0.29) is 5.91 Å². The first-order chi connectivity index (χ1) is 12.7. The first kappa shape index (κ1) is 16.3. The Morgan fingerprint density at radius 2 is 1.85 bits per heavy atom. The van der Waals surface area contributed by atoms with Crippen LogP contribution in [0.4, 0.5) is 5.69 Å². The smallest absolute Gasteiger partial charge is 0.260 e. The second kappa shape index (κ2) is 7.00. The predicted molar refractivity (Wildman–Crippen MR) is 102 cm³/mol. The van der Waals surface area contributed by atoms with Gasteiger partial charge < -0.3 is 9.64 Å². The van der Waals surface area contributed by atoms with Crippen LogP contribution in [0.15, 0.2) is 66.9 Å². The number of amides is 1. The van der Waals surface area contributed by atoms with E-state index in [0.29, 0.717) is 24.5 Å². The number of carbonyl (C=O) groups is 1. The summed E-state index contributed by atoms with van der Waals surface area (Å²) in [5, 5.41) is 0. The maximum Gasteiger partial charge on any atom is 0.260 e. The second-order valence-corrected chi connectivity index (χ2v) is 6.48. The minimum atomic E-state index is -0.0206. The lowest BCUT2D eigenvalue weighted by Gasteiger charge is -2.28. The molecule has 0 atom stereocenters. The highest BCUT2D eigenvalue weighted by atomic mass is 16.5. The van der Waals surface area contributed by atoms with Gasteiger partial charge in [-0.05, 0) is 30.7 Å². The summed E-state index contributed by atoms with van der Waals surface area (Å²) in [6.07, 6.45) is 2.45. The monoisotopic (exact) mass is 344 g/mol. The van der Waals surface area contributed by atoms with Crippen molar-refractivity contribution < 1.29 is 9.53 Å². The zero-order valence-corrected chi connectivity index (χ0v) is 14.7. The third kappa shape index (κ3) is 3.31. The number of anilines is 1. The average Bonchev–Trinajstić information content (AvgIpc) is 2.69. The second-order valence-electron chi connectivity index (χ2n) is 6.48. The summed E-state index contributed by atoms with van der Waals surface area (Å²) < 4.78 is 5.83. The number of benzene rings is 2. The van der Waals surface area contributed by atoms with Gasteiger partial charge >= 0.3 is 0 Å². The molecule has 0 fully saturated rings. The zero-order valence-electron chi connectivity index (χ0n) is 14.7. The summed E-state index contributed by atoms with van der Waals surface area (Å²) in [5.74, 6) is 0.597. The van der Waals surface area contributed by atoms with Crippen molar-refractivity contribution in [3.05, 3.63) is 89.2 Å². The molecule has 2 aromatic carbocycles. The Labute approximate surface area is 153 Å². The molecule has 0 saturated carbocycles. The van der Waals surface area contributed by atoms with Crippen LogP contribution in [0, 0.1) is 6.92 Å². The highest BCUT2D eigenvalue weighted by Gasteiger charge is 2.27. The van der Waals surface area contributed by atoms with E-state index in [4.69, 9.17) is 4.74 Å². The van der Waals surface area contributed by atoms with Crippen LogP contribution in [0.1, 0.15) is 27.2 Å². The Balaban J connectivity index is 1.55. The average molecular weight is 344 g/mol. The van der Waals surface area contributed by atoms with Gasteiger partial charge in [-0.15, -0.1) is 0 Å². The standard InChI is InChI=1S/C22H20N2O2/c1-16-7-9-18(10-8-16)24-12-11-21-20(22(24)25)13-19(14-23-21)26-15-17-5-3-2-4-6-17/h2-10,13-14H,11-12,15H2,1H3. The Morgan fingerprint density at radius 1 is 1.08 bits per heavy atom. The minimum Gasteiger partial charge on any atom is -0.487 e. The van der Waals surface area contributed by atoms with Crippen LogP contribution in [0.25, 0.3) is 0 Å². The Bertz CT molecular complexity index is 921. The molecule has 1 aliphatic heterocycles. The Hall–Kier alpha value is -3.14. The lowest BCUT2D eigenvalue weighted by Crippen LogP contribution is -2.38. The molecule has 0 radical (unpaired) electrons. The van der Waals surface area contributed by atoms with E-state index in [0.717, 1.165) is 23.4 Å². The number of hydrogen-bond donors (Lipinski definition) is 0. The molecule has 0 spiro atoms. The number of nitrogens with zero attached hydrogens (tertiary/aromatic N) is 2. The third-order valence-electron chi connectivity index (χ3n) is 4.59. The van der Waals surface area contributed by atoms with E-state index < -0.39 is 0 Å². The van der Waals surface area contributed by atoms with Gasteiger partial charge in [0.05, 0.1) is 17.5 Å². The Kier molecular flexibility index (Phi) is 4.40. The number of pyridine rings is 1. The SMILES string of the molecule is Cc1ccc(N2CCc3ncc(OCc4ccccc4)cc3C2=O)cc1. The van der Waals surface area contributed by atoms with E-state index in [9.17, 15) is 4.79 Å². The van der Waals surface area contributed by atoms with Crippen molar-refractivity contribution in [2.75, 3.05) is 11.4 Å². The molecule has 3 aromatic rings. The number of hydrogen-bond acceptors (Lipinski definition) is 3. The molecule has 2 heterocycles. The van der Waals surface area contributed by atoms with Crippen molar-refractivity contribution in [3.63, 3.8) is 0 Å². The molecule has 4 nitrogen and oxygen atoms in total. The normalized spacial score (nSPS) is 13.4. The van der Waals surface area contributed by atoms with Crippen LogP contribution in [-0.2, 0) is 13.0 Å². The van der Waals surface area contributed by atoms with Crippen LogP contribution in [0.3, 0.4) is 0 Å². The molecule has 130 valence electrons. The Morgan fingerprint density at radius 3 is 2.62 bits per heavy atom. The first-order valence-electron chi connectivity index (χ1n) is 8.75. The molecule has 1 aromatic heterocycles. The molecule has 0 bridgehead atoms. The van der Waals surface area contributed by atoms with Crippen LogP contribution < -0.4 is 9.64 Å².